The van der Waals surface area contributed by atoms with E-state index in [0.717, 1.165) is 18.5 Å². The Kier molecular flexibility index (Phi) is 7.79. The van der Waals surface area contributed by atoms with Gasteiger partial charge in [0.25, 0.3) is 0 Å². The number of aliphatic imine (C=N–C) groups is 1. The first-order valence-electron chi connectivity index (χ1n) is 8.51. The third-order valence-electron chi connectivity index (χ3n) is 4.33. The van der Waals surface area contributed by atoms with E-state index in [2.05, 4.69) is 26.7 Å². The molecule has 0 aliphatic carbocycles. The second kappa shape index (κ2) is 10.1. The van der Waals surface area contributed by atoms with Crippen LogP contribution in [-0.2, 0) is 6.54 Å². The van der Waals surface area contributed by atoms with Crippen molar-refractivity contribution in [1.29, 1.82) is 5.26 Å². The van der Waals surface area contributed by atoms with Crippen molar-refractivity contribution in [3.8, 4) is 6.07 Å². The summed E-state index contributed by atoms with van der Waals surface area (Å²) >= 11 is 0. The molecule has 1 aromatic carbocycles. The number of hydrogen-bond acceptors (Lipinski definition) is 4. The highest BCUT2D eigenvalue weighted by molar-refractivity contribution is 14.0. The number of halogens is 2. The summed E-state index contributed by atoms with van der Waals surface area (Å²) in [6.45, 7) is 2.03. The van der Waals surface area contributed by atoms with Gasteiger partial charge in [-0.2, -0.15) is 5.26 Å². The van der Waals surface area contributed by atoms with Crippen molar-refractivity contribution in [3.05, 3.63) is 59.5 Å². The second-order valence-electron chi connectivity index (χ2n) is 6.12. The lowest BCUT2D eigenvalue weighted by Crippen LogP contribution is -2.44. The van der Waals surface area contributed by atoms with Gasteiger partial charge < -0.3 is 15.5 Å². The number of nitrogens with one attached hydrogen (secondary N) is 2. The number of anilines is 1. The minimum absolute atomic E-state index is 0. The molecule has 1 saturated heterocycles. The Bertz CT molecular complexity index is 818. The van der Waals surface area contributed by atoms with E-state index in [1.165, 1.54) is 6.07 Å². The minimum atomic E-state index is -0.295. The van der Waals surface area contributed by atoms with Crippen LogP contribution in [0.5, 0.6) is 0 Å². The third kappa shape index (κ3) is 5.53. The fourth-order valence-electron chi connectivity index (χ4n) is 2.95. The van der Waals surface area contributed by atoms with Gasteiger partial charge in [-0.25, -0.2) is 9.37 Å². The number of nitriles is 1. The quantitative estimate of drug-likeness (QED) is 0.400. The highest BCUT2D eigenvalue weighted by atomic mass is 127. The molecule has 1 aromatic heterocycles. The van der Waals surface area contributed by atoms with Crippen molar-refractivity contribution in [2.75, 3.05) is 25.0 Å². The van der Waals surface area contributed by atoms with Crippen molar-refractivity contribution in [1.82, 2.24) is 15.6 Å². The van der Waals surface area contributed by atoms with E-state index < -0.39 is 0 Å². The standard InChI is InChI=1S/C19H21FN6.HI/c1-22-19(24-12-15-6-4-14(11-21)5-7-15)25-16-8-10-26(13-16)18-17(20)3-2-9-23-18;/h2-7,9,16H,8,10,12-13H2,1H3,(H2,22,24,25);1H. The molecule has 0 spiro atoms. The smallest absolute Gasteiger partial charge is 0.191 e. The molecule has 2 aromatic rings. The molecule has 0 bridgehead atoms. The zero-order valence-corrected chi connectivity index (χ0v) is 17.4. The molecule has 0 radical (unpaired) electrons. The van der Waals surface area contributed by atoms with Gasteiger partial charge in [0.15, 0.2) is 17.6 Å². The Morgan fingerprint density at radius 1 is 1.37 bits per heavy atom. The van der Waals surface area contributed by atoms with E-state index in [4.69, 9.17) is 5.26 Å². The fraction of sp³-hybridized carbons (Fsp3) is 0.316. The summed E-state index contributed by atoms with van der Waals surface area (Å²) in [7, 11) is 1.72. The number of rotatable bonds is 4. The lowest BCUT2D eigenvalue weighted by atomic mass is 10.1. The van der Waals surface area contributed by atoms with Crippen LogP contribution < -0.4 is 15.5 Å². The van der Waals surface area contributed by atoms with Crippen molar-refractivity contribution in [3.63, 3.8) is 0 Å². The van der Waals surface area contributed by atoms with Gasteiger partial charge in [0.05, 0.1) is 11.6 Å². The molecule has 8 heteroatoms. The van der Waals surface area contributed by atoms with Crippen LogP contribution in [0.15, 0.2) is 47.6 Å². The second-order valence-corrected chi connectivity index (χ2v) is 6.12. The lowest BCUT2D eigenvalue weighted by Gasteiger charge is -2.20. The van der Waals surface area contributed by atoms with Crippen molar-refractivity contribution in [2.24, 2.45) is 4.99 Å². The Balaban J connectivity index is 0.00000261. The molecule has 0 amide bonds. The fourth-order valence-corrected chi connectivity index (χ4v) is 2.95. The Morgan fingerprint density at radius 3 is 2.81 bits per heavy atom. The van der Waals surface area contributed by atoms with Crippen molar-refractivity contribution >= 4 is 35.8 Å². The van der Waals surface area contributed by atoms with Gasteiger partial charge in [0.2, 0.25) is 0 Å². The predicted octanol–water partition coefficient (Wildman–Crippen LogP) is 2.65. The summed E-state index contributed by atoms with van der Waals surface area (Å²) in [5.41, 5.74) is 1.71. The molecule has 0 saturated carbocycles. The van der Waals surface area contributed by atoms with Crippen LogP contribution in [0.4, 0.5) is 10.2 Å². The molecular formula is C19H22FIN6. The van der Waals surface area contributed by atoms with Crippen LogP contribution in [0, 0.1) is 17.1 Å². The van der Waals surface area contributed by atoms with E-state index in [0.29, 0.717) is 30.4 Å². The van der Waals surface area contributed by atoms with Crippen LogP contribution in [0.25, 0.3) is 0 Å². The summed E-state index contributed by atoms with van der Waals surface area (Å²) in [6.07, 6.45) is 2.49. The molecule has 1 aliphatic heterocycles. The Hall–Kier alpha value is -2.41. The molecule has 1 atom stereocenters. The lowest BCUT2D eigenvalue weighted by molar-refractivity contribution is 0.612. The zero-order chi connectivity index (χ0) is 18.4. The molecule has 27 heavy (non-hydrogen) atoms. The first-order chi connectivity index (χ1) is 12.7. The molecule has 1 fully saturated rings. The monoisotopic (exact) mass is 480 g/mol. The van der Waals surface area contributed by atoms with Gasteiger partial charge in [-0.15, -0.1) is 24.0 Å². The first-order valence-corrected chi connectivity index (χ1v) is 8.51. The average Bonchev–Trinajstić information content (AvgIpc) is 3.14. The van der Waals surface area contributed by atoms with Gasteiger partial charge in [-0.3, -0.25) is 4.99 Å². The maximum Gasteiger partial charge on any atom is 0.191 e. The van der Waals surface area contributed by atoms with E-state index >= 15 is 0 Å². The molecular weight excluding hydrogens is 458 g/mol. The average molecular weight is 480 g/mol. The van der Waals surface area contributed by atoms with E-state index in [-0.39, 0.29) is 35.8 Å². The predicted molar refractivity (Wildman–Crippen MR) is 115 cm³/mol. The molecule has 3 rings (SSSR count). The summed E-state index contributed by atoms with van der Waals surface area (Å²) in [5, 5.41) is 15.5. The summed E-state index contributed by atoms with van der Waals surface area (Å²) in [5.74, 6) is 0.802. The van der Waals surface area contributed by atoms with E-state index in [9.17, 15) is 4.39 Å². The van der Waals surface area contributed by atoms with Gasteiger partial charge in [0, 0.05) is 38.9 Å². The van der Waals surface area contributed by atoms with Gasteiger partial charge in [-0.05, 0) is 36.2 Å². The summed E-state index contributed by atoms with van der Waals surface area (Å²) in [6, 6.07) is 12.7. The normalized spacial score (nSPS) is 16.4. The summed E-state index contributed by atoms with van der Waals surface area (Å²) < 4.78 is 13.9. The first kappa shape index (κ1) is 20.9. The summed E-state index contributed by atoms with van der Waals surface area (Å²) in [4.78, 5) is 10.3. The number of pyridine rings is 1. The van der Waals surface area contributed by atoms with Gasteiger partial charge >= 0.3 is 0 Å². The number of benzene rings is 1. The molecule has 2 heterocycles. The van der Waals surface area contributed by atoms with Gasteiger partial charge in [0.1, 0.15) is 0 Å². The maximum atomic E-state index is 13.9. The zero-order valence-electron chi connectivity index (χ0n) is 15.0. The van der Waals surface area contributed by atoms with E-state index in [1.54, 1.807) is 31.4 Å². The highest BCUT2D eigenvalue weighted by Gasteiger charge is 2.25. The Labute approximate surface area is 175 Å². The van der Waals surface area contributed by atoms with Crippen LogP contribution in [0.3, 0.4) is 0 Å². The number of nitrogens with zero attached hydrogens (tertiary/aromatic N) is 4. The minimum Gasteiger partial charge on any atom is -0.352 e. The molecule has 6 nitrogen and oxygen atoms in total. The molecule has 1 unspecified atom stereocenters. The maximum absolute atomic E-state index is 13.9. The third-order valence-corrected chi connectivity index (χ3v) is 4.33. The van der Waals surface area contributed by atoms with Gasteiger partial charge in [-0.1, -0.05) is 12.1 Å². The highest BCUT2D eigenvalue weighted by Crippen LogP contribution is 2.20. The number of hydrogen-bond donors (Lipinski definition) is 2. The van der Waals surface area contributed by atoms with Crippen molar-refractivity contribution < 1.29 is 4.39 Å². The van der Waals surface area contributed by atoms with Crippen LogP contribution in [0.1, 0.15) is 17.5 Å². The number of aromatic nitrogens is 1. The molecule has 142 valence electrons. The SMILES string of the molecule is CN=C(NCc1ccc(C#N)cc1)NC1CCN(c2ncccc2F)C1.I. The van der Waals surface area contributed by atoms with Crippen LogP contribution in [0.2, 0.25) is 0 Å². The molecule has 2 N–H and O–H groups in total. The van der Waals surface area contributed by atoms with Crippen LogP contribution >= 0.6 is 24.0 Å². The largest absolute Gasteiger partial charge is 0.352 e. The Morgan fingerprint density at radius 2 is 2.15 bits per heavy atom. The molecule has 1 aliphatic rings. The van der Waals surface area contributed by atoms with E-state index in [1.807, 2.05) is 17.0 Å². The number of guanidine groups is 1. The van der Waals surface area contributed by atoms with Crippen LogP contribution in [-0.4, -0.2) is 37.1 Å². The van der Waals surface area contributed by atoms with Crippen molar-refractivity contribution in [2.45, 2.75) is 19.0 Å². The topological polar surface area (TPSA) is 76.3 Å².